The lowest BCUT2D eigenvalue weighted by Gasteiger charge is -2.27. The molecule has 0 radical (unpaired) electrons. The number of aromatic nitrogens is 2. The minimum absolute atomic E-state index is 0.0125. The molecule has 1 fully saturated rings. The number of amides is 1. The standard InChI is InChI=1S/C15H16ClN3OS/c1-10-18-19-14(21-10)17-13(20)15(8-2-3-9-15)11-4-6-12(16)7-5-11/h4-7H,2-3,8-9H2,1H3,(H,17,19,20). The molecule has 110 valence electrons. The Kier molecular flexibility index (Phi) is 3.95. The van der Waals surface area contributed by atoms with E-state index < -0.39 is 5.41 Å². The van der Waals surface area contributed by atoms with Gasteiger partial charge in [0.1, 0.15) is 5.01 Å². The highest BCUT2D eigenvalue weighted by Crippen LogP contribution is 2.42. The van der Waals surface area contributed by atoms with Crippen LogP contribution < -0.4 is 5.32 Å². The molecule has 0 aliphatic heterocycles. The van der Waals surface area contributed by atoms with Crippen molar-refractivity contribution in [2.75, 3.05) is 5.32 Å². The molecule has 1 aromatic heterocycles. The Morgan fingerprint density at radius 2 is 1.90 bits per heavy atom. The smallest absolute Gasteiger partial charge is 0.236 e. The Hall–Kier alpha value is -1.46. The van der Waals surface area contributed by atoms with E-state index in [9.17, 15) is 4.79 Å². The second-order valence-corrected chi connectivity index (χ2v) is 6.99. The zero-order valence-electron chi connectivity index (χ0n) is 11.7. The molecule has 0 unspecified atom stereocenters. The van der Waals surface area contributed by atoms with Crippen LogP contribution >= 0.6 is 22.9 Å². The summed E-state index contributed by atoms with van der Waals surface area (Å²) in [4.78, 5) is 12.8. The second-order valence-electron chi connectivity index (χ2n) is 5.38. The van der Waals surface area contributed by atoms with Crippen molar-refractivity contribution in [3.05, 3.63) is 39.9 Å². The van der Waals surface area contributed by atoms with E-state index in [1.165, 1.54) is 11.3 Å². The first-order chi connectivity index (χ1) is 10.1. The molecule has 0 spiro atoms. The molecular formula is C15H16ClN3OS. The average molecular weight is 322 g/mol. The minimum Gasteiger partial charge on any atom is -0.300 e. The number of hydrogen-bond acceptors (Lipinski definition) is 4. The number of halogens is 1. The van der Waals surface area contributed by atoms with Crippen molar-refractivity contribution < 1.29 is 4.79 Å². The summed E-state index contributed by atoms with van der Waals surface area (Å²) in [6.07, 6.45) is 3.84. The van der Waals surface area contributed by atoms with E-state index in [4.69, 9.17) is 11.6 Å². The van der Waals surface area contributed by atoms with Crippen molar-refractivity contribution in [2.45, 2.75) is 38.0 Å². The molecule has 6 heteroatoms. The summed E-state index contributed by atoms with van der Waals surface area (Å²) < 4.78 is 0. The summed E-state index contributed by atoms with van der Waals surface area (Å²) in [6.45, 7) is 1.87. The molecule has 2 aromatic rings. The summed E-state index contributed by atoms with van der Waals surface area (Å²) in [7, 11) is 0. The van der Waals surface area contributed by atoms with Crippen molar-refractivity contribution in [3.8, 4) is 0 Å². The number of carbonyl (C=O) groups is 1. The van der Waals surface area contributed by atoms with Gasteiger partial charge >= 0.3 is 0 Å². The van der Waals surface area contributed by atoms with Gasteiger partial charge in [-0.2, -0.15) is 0 Å². The third kappa shape index (κ3) is 2.80. The first kappa shape index (κ1) is 14.5. The molecule has 21 heavy (non-hydrogen) atoms. The molecule has 1 heterocycles. The van der Waals surface area contributed by atoms with Crippen molar-refractivity contribution in [1.82, 2.24) is 10.2 Å². The van der Waals surface area contributed by atoms with E-state index >= 15 is 0 Å². The fraction of sp³-hybridized carbons (Fsp3) is 0.400. The lowest BCUT2D eigenvalue weighted by Crippen LogP contribution is -2.37. The number of benzene rings is 1. The summed E-state index contributed by atoms with van der Waals surface area (Å²) in [5.41, 5.74) is 0.563. The largest absolute Gasteiger partial charge is 0.300 e. The highest BCUT2D eigenvalue weighted by molar-refractivity contribution is 7.15. The fourth-order valence-corrected chi connectivity index (χ4v) is 3.67. The van der Waals surface area contributed by atoms with Crippen LogP contribution in [0.5, 0.6) is 0 Å². The fourth-order valence-electron chi connectivity index (χ4n) is 2.96. The third-order valence-corrected chi connectivity index (χ3v) is 5.04. The Balaban J connectivity index is 1.89. The molecule has 1 saturated carbocycles. The van der Waals surface area contributed by atoms with Gasteiger partial charge in [-0.15, -0.1) is 10.2 Å². The van der Waals surface area contributed by atoms with Crippen LogP contribution in [0.3, 0.4) is 0 Å². The maximum atomic E-state index is 12.8. The van der Waals surface area contributed by atoms with Crippen LogP contribution in [0.2, 0.25) is 5.02 Å². The van der Waals surface area contributed by atoms with E-state index in [-0.39, 0.29) is 5.91 Å². The van der Waals surface area contributed by atoms with Crippen LogP contribution in [0.25, 0.3) is 0 Å². The normalized spacial score (nSPS) is 16.9. The molecule has 0 saturated heterocycles. The van der Waals surface area contributed by atoms with Gasteiger partial charge in [0.05, 0.1) is 5.41 Å². The van der Waals surface area contributed by atoms with Gasteiger partial charge in [0.2, 0.25) is 11.0 Å². The summed E-state index contributed by atoms with van der Waals surface area (Å²) in [6, 6.07) is 7.61. The predicted molar refractivity (Wildman–Crippen MR) is 84.9 cm³/mol. The van der Waals surface area contributed by atoms with Crippen molar-refractivity contribution >= 4 is 34.0 Å². The number of aryl methyl sites for hydroxylation is 1. The van der Waals surface area contributed by atoms with Gasteiger partial charge < -0.3 is 0 Å². The Morgan fingerprint density at radius 3 is 2.48 bits per heavy atom. The van der Waals surface area contributed by atoms with Crippen molar-refractivity contribution in [3.63, 3.8) is 0 Å². The molecule has 1 N–H and O–H groups in total. The topological polar surface area (TPSA) is 54.9 Å². The number of nitrogens with one attached hydrogen (secondary N) is 1. The SMILES string of the molecule is Cc1nnc(NC(=O)C2(c3ccc(Cl)cc3)CCCC2)s1. The zero-order valence-corrected chi connectivity index (χ0v) is 13.3. The average Bonchev–Trinajstić information content (AvgIpc) is 3.10. The van der Waals surface area contributed by atoms with Crippen LogP contribution in [0, 0.1) is 6.92 Å². The lowest BCUT2D eigenvalue weighted by atomic mass is 9.78. The monoisotopic (exact) mass is 321 g/mol. The number of anilines is 1. The van der Waals surface area contributed by atoms with Crippen LogP contribution in [-0.4, -0.2) is 16.1 Å². The first-order valence-corrected chi connectivity index (χ1v) is 8.17. The molecule has 3 rings (SSSR count). The van der Waals surface area contributed by atoms with Gasteiger partial charge in [-0.25, -0.2) is 0 Å². The van der Waals surface area contributed by atoms with E-state index in [1.54, 1.807) is 0 Å². The first-order valence-electron chi connectivity index (χ1n) is 6.98. The number of nitrogens with zero attached hydrogens (tertiary/aromatic N) is 2. The lowest BCUT2D eigenvalue weighted by molar-refractivity contribution is -0.121. The quantitative estimate of drug-likeness (QED) is 0.931. The van der Waals surface area contributed by atoms with Gasteiger partial charge in [-0.1, -0.05) is 47.9 Å². The molecule has 4 nitrogen and oxygen atoms in total. The number of rotatable bonds is 3. The Labute approximate surface area is 132 Å². The second kappa shape index (κ2) is 5.73. The zero-order chi connectivity index (χ0) is 14.9. The maximum absolute atomic E-state index is 12.8. The molecular weight excluding hydrogens is 306 g/mol. The Morgan fingerprint density at radius 1 is 1.24 bits per heavy atom. The van der Waals surface area contributed by atoms with Crippen LogP contribution in [0.15, 0.2) is 24.3 Å². The molecule has 1 aromatic carbocycles. The van der Waals surface area contributed by atoms with Crippen LogP contribution in [0.4, 0.5) is 5.13 Å². The van der Waals surface area contributed by atoms with E-state index in [2.05, 4.69) is 15.5 Å². The molecule has 1 aliphatic rings. The van der Waals surface area contributed by atoms with Crippen molar-refractivity contribution in [2.24, 2.45) is 0 Å². The third-order valence-electron chi connectivity index (χ3n) is 4.04. The predicted octanol–water partition coefficient (Wildman–Crippen LogP) is 3.95. The summed E-state index contributed by atoms with van der Waals surface area (Å²) in [5, 5.41) is 13.0. The van der Waals surface area contributed by atoms with E-state index in [1.807, 2.05) is 31.2 Å². The van der Waals surface area contributed by atoms with E-state index in [0.717, 1.165) is 36.3 Å². The highest BCUT2D eigenvalue weighted by Gasteiger charge is 2.42. The summed E-state index contributed by atoms with van der Waals surface area (Å²) >= 11 is 7.35. The maximum Gasteiger partial charge on any atom is 0.236 e. The summed E-state index contributed by atoms with van der Waals surface area (Å²) in [5.74, 6) is 0.0125. The van der Waals surface area contributed by atoms with E-state index in [0.29, 0.717) is 10.2 Å². The molecule has 0 bridgehead atoms. The van der Waals surface area contributed by atoms with Crippen LogP contribution in [0.1, 0.15) is 36.3 Å². The van der Waals surface area contributed by atoms with Gasteiger partial charge in [-0.3, -0.25) is 10.1 Å². The van der Waals surface area contributed by atoms with Gasteiger partial charge in [-0.05, 0) is 37.5 Å². The number of carbonyl (C=O) groups excluding carboxylic acids is 1. The van der Waals surface area contributed by atoms with Gasteiger partial charge in [0.25, 0.3) is 0 Å². The van der Waals surface area contributed by atoms with Crippen molar-refractivity contribution in [1.29, 1.82) is 0 Å². The molecule has 0 atom stereocenters. The molecule has 1 aliphatic carbocycles. The minimum atomic E-state index is -0.468. The molecule has 1 amide bonds. The van der Waals surface area contributed by atoms with Gasteiger partial charge in [0.15, 0.2) is 0 Å². The Bertz CT molecular complexity index is 647. The highest BCUT2D eigenvalue weighted by atomic mass is 35.5. The van der Waals surface area contributed by atoms with Gasteiger partial charge in [0, 0.05) is 5.02 Å². The van der Waals surface area contributed by atoms with Crippen LogP contribution in [-0.2, 0) is 10.2 Å². The number of hydrogen-bond donors (Lipinski definition) is 1.